The lowest BCUT2D eigenvalue weighted by Crippen LogP contribution is -2.26. The molecule has 2 aromatic rings. The van der Waals surface area contributed by atoms with Gasteiger partial charge in [-0.15, -0.1) is 13.2 Å². The maximum absolute atomic E-state index is 11.9. The van der Waals surface area contributed by atoms with Gasteiger partial charge in [0.25, 0.3) is 0 Å². The smallest absolute Gasteiger partial charge is 0.313 e. The van der Waals surface area contributed by atoms with Crippen LogP contribution in [0.1, 0.15) is 19.4 Å². The number of nitrogens with zero attached hydrogens (tertiary/aromatic N) is 1. The standard InChI is InChI=1S/C20H26N2O2/c1-5-11-22(12-6-2)13-10-16-14-21-19-17(16)8-7-9-18(19)24-20(23)15(3)4/h5-9,14-15,21H,1-2,10-13H2,3-4H3. The van der Waals surface area contributed by atoms with Crippen LogP contribution in [0.25, 0.3) is 10.9 Å². The third-order valence-corrected chi connectivity index (χ3v) is 3.92. The van der Waals surface area contributed by atoms with Gasteiger partial charge in [-0.2, -0.15) is 0 Å². The van der Waals surface area contributed by atoms with Crippen LogP contribution in [-0.4, -0.2) is 35.5 Å². The van der Waals surface area contributed by atoms with Crippen LogP contribution in [0.4, 0.5) is 0 Å². The molecule has 0 radical (unpaired) electrons. The van der Waals surface area contributed by atoms with Crippen LogP contribution < -0.4 is 4.74 Å². The highest BCUT2D eigenvalue weighted by molar-refractivity contribution is 5.90. The lowest BCUT2D eigenvalue weighted by Gasteiger charge is -2.18. The summed E-state index contributed by atoms with van der Waals surface area (Å²) < 4.78 is 5.50. The lowest BCUT2D eigenvalue weighted by atomic mass is 10.1. The fourth-order valence-corrected chi connectivity index (χ4v) is 2.60. The van der Waals surface area contributed by atoms with Gasteiger partial charge in [0.1, 0.15) is 0 Å². The van der Waals surface area contributed by atoms with Crippen molar-refractivity contribution in [2.45, 2.75) is 20.3 Å². The molecule has 4 nitrogen and oxygen atoms in total. The average molecular weight is 326 g/mol. The number of esters is 1. The second-order valence-electron chi connectivity index (χ2n) is 6.16. The van der Waals surface area contributed by atoms with Crippen LogP contribution in [0.15, 0.2) is 49.7 Å². The summed E-state index contributed by atoms with van der Waals surface area (Å²) >= 11 is 0. The van der Waals surface area contributed by atoms with Gasteiger partial charge in [0, 0.05) is 31.2 Å². The molecule has 1 N–H and O–H groups in total. The van der Waals surface area contributed by atoms with Crippen molar-refractivity contribution < 1.29 is 9.53 Å². The van der Waals surface area contributed by atoms with Gasteiger partial charge in [0.15, 0.2) is 5.75 Å². The Morgan fingerprint density at radius 1 is 1.29 bits per heavy atom. The zero-order valence-corrected chi connectivity index (χ0v) is 14.5. The van der Waals surface area contributed by atoms with Crippen LogP contribution >= 0.6 is 0 Å². The zero-order valence-electron chi connectivity index (χ0n) is 14.5. The van der Waals surface area contributed by atoms with Gasteiger partial charge in [-0.25, -0.2) is 0 Å². The van der Waals surface area contributed by atoms with E-state index in [2.05, 4.69) is 29.1 Å². The van der Waals surface area contributed by atoms with E-state index in [1.807, 2.05) is 44.3 Å². The van der Waals surface area contributed by atoms with Gasteiger partial charge < -0.3 is 9.72 Å². The van der Waals surface area contributed by atoms with Crippen LogP contribution in [0, 0.1) is 5.92 Å². The molecule has 24 heavy (non-hydrogen) atoms. The first-order valence-corrected chi connectivity index (χ1v) is 8.31. The molecule has 0 aliphatic carbocycles. The number of benzene rings is 1. The van der Waals surface area contributed by atoms with Crippen molar-refractivity contribution in [2.75, 3.05) is 19.6 Å². The first kappa shape index (κ1) is 18.0. The summed E-state index contributed by atoms with van der Waals surface area (Å²) in [7, 11) is 0. The van der Waals surface area contributed by atoms with E-state index in [4.69, 9.17) is 4.74 Å². The Kier molecular flexibility index (Phi) is 6.38. The number of H-pyrrole nitrogens is 1. The molecule has 0 amide bonds. The van der Waals surface area contributed by atoms with Crippen molar-refractivity contribution in [1.82, 2.24) is 9.88 Å². The largest absolute Gasteiger partial charge is 0.424 e. The molecule has 2 rings (SSSR count). The van der Waals surface area contributed by atoms with Gasteiger partial charge >= 0.3 is 5.97 Å². The number of hydrogen-bond donors (Lipinski definition) is 1. The Morgan fingerprint density at radius 2 is 2.00 bits per heavy atom. The van der Waals surface area contributed by atoms with Crippen molar-refractivity contribution in [1.29, 1.82) is 0 Å². The van der Waals surface area contributed by atoms with E-state index in [1.54, 1.807) is 0 Å². The number of carbonyl (C=O) groups excluding carboxylic acids is 1. The molecule has 4 heteroatoms. The monoisotopic (exact) mass is 326 g/mol. The quantitative estimate of drug-likeness (QED) is 0.431. The van der Waals surface area contributed by atoms with Gasteiger partial charge in [-0.05, 0) is 18.1 Å². The maximum atomic E-state index is 11.9. The second-order valence-corrected chi connectivity index (χ2v) is 6.16. The van der Waals surface area contributed by atoms with Crippen molar-refractivity contribution in [2.24, 2.45) is 5.92 Å². The zero-order chi connectivity index (χ0) is 17.5. The van der Waals surface area contributed by atoms with Crippen molar-refractivity contribution in [3.05, 3.63) is 55.3 Å². The molecule has 0 atom stereocenters. The van der Waals surface area contributed by atoms with Crippen molar-refractivity contribution >= 4 is 16.9 Å². The fraction of sp³-hybridized carbons (Fsp3) is 0.350. The number of hydrogen-bond acceptors (Lipinski definition) is 3. The average Bonchev–Trinajstić information content (AvgIpc) is 2.97. The number of nitrogens with one attached hydrogen (secondary N) is 1. The molecule has 1 heterocycles. The van der Waals surface area contributed by atoms with E-state index < -0.39 is 0 Å². The summed E-state index contributed by atoms with van der Waals surface area (Å²) in [6, 6.07) is 5.80. The second kappa shape index (κ2) is 8.50. The first-order valence-electron chi connectivity index (χ1n) is 8.31. The summed E-state index contributed by atoms with van der Waals surface area (Å²) in [4.78, 5) is 17.4. The SMILES string of the molecule is C=CCN(CC=C)CCc1c[nH]c2c(OC(=O)C(C)C)cccc12. The molecule has 128 valence electrons. The van der Waals surface area contributed by atoms with Crippen LogP contribution in [0.5, 0.6) is 5.75 Å². The van der Waals surface area contributed by atoms with Gasteiger partial charge in [-0.1, -0.05) is 38.1 Å². The minimum Gasteiger partial charge on any atom is -0.424 e. The molecule has 0 aliphatic heterocycles. The third-order valence-electron chi connectivity index (χ3n) is 3.92. The number of fused-ring (bicyclic) bond motifs is 1. The van der Waals surface area contributed by atoms with E-state index in [9.17, 15) is 4.79 Å². The Labute approximate surface area is 143 Å². The van der Waals surface area contributed by atoms with Crippen molar-refractivity contribution in [3.63, 3.8) is 0 Å². The summed E-state index contributed by atoms with van der Waals surface area (Å²) in [6.45, 7) is 13.9. The van der Waals surface area contributed by atoms with E-state index in [1.165, 1.54) is 5.56 Å². The van der Waals surface area contributed by atoms with Crippen LogP contribution in [0.3, 0.4) is 0 Å². The highest BCUT2D eigenvalue weighted by atomic mass is 16.5. The van der Waals surface area contributed by atoms with E-state index in [0.717, 1.165) is 37.0 Å². The Bertz CT molecular complexity index is 705. The summed E-state index contributed by atoms with van der Waals surface area (Å²) in [5.74, 6) is 0.217. The molecule has 0 saturated carbocycles. The Hall–Kier alpha value is -2.33. The third kappa shape index (κ3) is 4.36. The van der Waals surface area contributed by atoms with Crippen molar-refractivity contribution in [3.8, 4) is 5.75 Å². The molecular weight excluding hydrogens is 300 g/mol. The Balaban J connectivity index is 2.16. The number of para-hydroxylation sites is 1. The number of aromatic amines is 1. The highest BCUT2D eigenvalue weighted by Gasteiger charge is 2.14. The Morgan fingerprint density at radius 3 is 2.62 bits per heavy atom. The molecule has 0 unspecified atom stereocenters. The summed E-state index contributed by atoms with van der Waals surface area (Å²) in [5.41, 5.74) is 2.09. The van der Waals surface area contributed by atoms with Crippen LogP contribution in [-0.2, 0) is 11.2 Å². The number of carbonyl (C=O) groups is 1. The van der Waals surface area contributed by atoms with Gasteiger partial charge in [0.05, 0.1) is 11.4 Å². The topological polar surface area (TPSA) is 45.3 Å². The minimum atomic E-state index is -0.221. The molecular formula is C20H26N2O2. The maximum Gasteiger partial charge on any atom is 0.313 e. The molecule has 0 spiro atoms. The van der Waals surface area contributed by atoms with Gasteiger partial charge in [-0.3, -0.25) is 9.69 Å². The molecule has 0 bridgehead atoms. The van der Waals surface area contributed by atoms with E-state index in [0.29, 0.717) is 5.75 Å². The molecule has 1 aromatic heterocycles. The molecule has 0 aliphatic rings. The van der Waals surface area contributed by atoms with E-state index in [-0.39, 0.29) is 11.9 Å². The highest BCUT2D eigenvalue weighted by Crippen LogP contribution is 2.28. The summed E-state index contributed by atoms with van der Waals surface area (Å²) in [6.07, 6.45) is 6.71. The predicted octanol–water partition coefficient (Wildman–Crippen LogP) is 3.95. The number of ether oxygens (including phenoxy) is 1. The van der Waals surface area contributed by atoms with Crippen LogP contribution in [0.2, 0.25) is 0 Å². The summed E-state index contributed by atoms with van der Waals surface area (Å²) in [5, 5.41) is 1.10. The van der Waals surface area contributed by atoms with E-state index >= 15 is 0 Å². The van der Waals surface area contributed by atoms with Gasteiger partial charge in [0.2, 0.25) is 0 Å². The number of rotatable bonds is 9. The lowest BCUT2D eigenvalue weighted by molar-refractivity contribution is -0.137. The molecule has 1 aromatic carbocycles. The minimum absolute atomic E-state index is 0.152. The number of aromatic nitrogens is 1. The molecule has 0 fully saturated rings. The first-order chi connectivity index (χ1) is 11.6. The molecule has 0 saturated heterocycles. The normalized spacial score (nSPS) is 11.2. The predicted molar refractivity (Wildman–Crippen MR) is 99.3 cm³/mol. The fourth-order valence-electron chi connectivity index (χ4n) is 2.60.